The summed E-state index contributed by atoms with van der Waals surface area (Å²) < 4.78 is 37.8. The largest absolute Gasteiger partial charge is 0.494 e. The van der Waals surface area contributed by atoms with Crippen molar-refractivity contribution in [3.05, 3.63) is 48.0 Å². The lowest BCUT2D eigenvalue weighted by molar-refractivity contribution is 0.386. The number of anilines is 2. The Morgan fingerprint density at radius 1 is 0.960 bits per heavy atom. The number of rotatable bonds is 4. The highest BCUT2D eigenvalue weighted by atomic mass is 35.5. The molecule has 8 heteroatoms. The van der Waals surface area contributed by atoms with E-state index in [1.54, 1.807) is 28.0 Å². The van der Waals surface area contributed by atoms with E-state index in [9.17, 15) is 8.78 Å². The second kappa shape index (κ2) is 7.14. The highest BCUT2D eigenvalue weighted by molar-refractivity contribution is 6.68. The van der Waals surface area contributed by atoms with Crippen molar-refractivity contribution in [2.45, 2.75) is 0 Å². The minimum Gasteiger partial charge on any atom is -0.494 e. The van der Waals surface area contributed by atoms with Gasteiger partial charge in [-0.1, -0.05) is 0 Å². The first-order valence-corrected chi connectivity index (χ1v) is 7.81. The molecule has 0 radical (unpaired) electrons. The second-order valence-electron chi connectivity index (χ2n) is 5.32. The first-order valence-electron chi connectivity index (χ1n) is 7.43. The molecule has 5 nitrogen and oxygen atoms in total. The average Bonchev–Trinajstić information content (AvgIpc) is 2.62. The fourth-order valence-electron chi connectivity index (χ4n) is 2.53. The molecule has 132 valence electrons. The van der Waals surface area contributed by atoms with Crippen LogP contribution in [0, 0.1) is 11.6 Å². The lowest BCUT2D eigenvalue weighted by Crippen LogP contribution is -2.44. The number of methoxy groups -OCH3 is 2. The Morgan fingerprint density at radius 3 is 2.08 bits per heavy atom. The van der Waals surface area contributed by atoms with Gasteiger partial charge in [0, 0.05) is 23.5 Å². The second-order valence-corrected chi connectivity index (χ2v) is 5.65. The van der Waals surface area contributed by atoms with Crippen LogP contribution in [0.25, 0.3) is 0 Å². The topological polar surface area (TPSA) is 37.3 Å². The monoisotopic (exact) mass is 367 g/mol. The molecule has 0 unspecified atom stereocenters. The molecule has 1 aliphatic rings. The standard InChI is InChI=1S/C17H16ClF2N3O2/c1-24-15-5-3-11(7-13(15)19)22-9-21-17(18)23(10-22)12-4-6-16(25-2)14(20)8-12/h3-8H,9-10H2,1-2H3. The van der Waals surface area contributed by atoms with Crippen LogP contribution >= 0.6 is 11.6 Å². The Hall–Kier alpha value is -2.54. The van der Waals surface area contributed by atoms with Gasteiger partial charge in [0.1, 0.15) is 6.67 Å². The highest BCUT2D eigenvalue weighted by Gasteiger charge is 2.23. The van der Waals surface area contributed by atoms with Crippen LogP contribution in [0.3, 0.4) is 0 Å². The Balaban J connectivity index is 1.87. The van der Waals surface area contributed by atoms with Gasteiger partial charge in [-0.25, -0.2) is 13.8 Å². The third-order valence-electron chi connectivity index (χ3n) is 3.85. The van der Waals surface area contributed by atoms with Crippen LogP contribution in [0.4, 0.5) is 20.2 Å². The van der Waals surface area contributed by atoms with E-state index < -0.39 is 11.6 Å². The molecular weight excluding hydrogens is 352 g/mol. The zero-order valence-electron chi connectivity index (χ0n) is 13.7. The van der Waals surface area contributed by atoms with Crippen molar-refractivity contribution in [3.63, 3.8) is 0 Å². The number of halogens is 3. The summed E-state index contributed by atoms with van der Waals surface area (Å²) in [7, 11) is 2.80. The van der Waals surface area contributed by atoms with Gasteiger partial charge in [0.25, 0.3) is 0 Å². The average molecular weight is 368 g/mol. The first kappa shape index (κ1) is 17.3. The highest BCUT2D eigenvalue weighted by Crippen LogP contribution is 2.29. The summed E-state index contributed by atoms with van der Waals surface area (Å²) in [5.74, 6) is -0.668. The number of ether oxygens (including phenoxy) is 2. The van der Waals surface area contributed by atoms with Crippen molar-refractivity contribution in [3.8, 4) is 11.5 Å². The van der Waals surface area contributed by atoms with Crippen LogP contribution in [-0.2, 0) is 0 Å². The van der Waals surface area contributed by atoms with Gasteiger partial charge in [0.2, 0.25) is 5.29 Å². The van der Waals surface area contributed by atoms with Crippen molar-refractivity contribution in [2.24, 2.45) is 4.99 Å². The van der Waals surface area contributed by atoms with Gasteiger partial charge in [0.15, 0.2) is 23.1 Å². The fourth-order valence-corrected chi connectivity index (χ4v) is 2.73. The van der Waals surface area contributed by atoms with Gasteiger partial charge in [0.05, 0.1) is 20.9 Å². The van der Waals surface area contributed by atoms with Crippen molar-refractivity contribution >= 4 is 28.3 Å². The molecule has 0 bridgehead atoms. The predicted octanol–water partition coefficient (Wildman–Crippen LogP) is 3.82. The molecule has 0 atom stereocenters. The van der Waals surface area contributed by atoms with Crippen LogP contribution in [0.1, 0.15) is 0 Å². The maximum absolute atomic E-state index is 14.0. The number of amidine groups is 1. The third kappa shape index (κ3) is 3.46. The molecule has 0 spiro atoms. The minimum atomic E-state index is -0.503. The van der Waals surface area contributed by atoms with E-state index in [0.29, 0.717) is 18.0 Å². The zero-order chi connectivity index (χ0) is 18.0. The number of benzene rings is 2. The Kier molecular flexibility index (Phi) is 4.94. The molecule has 1 aliphatic heterocycles. The summed E-state index contributed by atoms with van der Waals surface area (Å²) in [6.45, 7) is 0.555. The summed E-state index contributed by atoms with van der Waals surface area (Å²) in [6, 6.07) is 9.14. The summed E-state index contributed by atoms with van der Waals surface area (Å²) >= 11 is 6.18. The normalized spacial score (nSPS) is 14.4. The molecular formula is C17H16ClF2N3O2. The summed E-state index contributed by atoms with van der Waals surface area (Å²) in [5.41, 5.74) is 1.14. The van der Waals surface area contributed by atoms with Gasteiger partial charge in [-0.05, 0) is 35.9 Å². The van der Waals surface area contributed by atoms with Crippen LogP contribution in [0.2, 0.25) is 0 Å². The van der Waals surface area contributed by atoms with Gasteiger partial charge < -0.3 is 14.4 Å². The predicted molar refractivity (Wildman–Crippen MR) is 93.9 cm³/mol. The minimum absolute atomic E-state index is 0.142. The van der Waals surface area contributed by atoms with E-state index in [2.05, 4.69) is 4.99 Å². The van der Waals surface area contributed by atoms with Crippen LogP contribution in [-0.4, -0.2) is 32.9 Å². The quantitative estimate of drug-likeness (QED) is 0.770. The number of hydrogen-bond donors (Lipinski definition) is 0. The van der Waals surface area contributed by atoms with Crippen LogP contribution in [0.5, 0.6) is 11.5 Å². The molecule has 0 aromatic heterocycles. The van der Waals surface area contributed by atoms with Gasteiger partial charge in [-0.2, -0.15) is 0 Å². The Labute approximate surface area is 149 Å². The van der Waals surface area contributed by atoms with E-state index in [1.807, 2.05) is 0 Å². The number of aliphatic imine (C=N–C) groups is 1. The molecule has 0 N–H and O–H groups in total. The smallest absolute Gasteiger partial charge is 0.201 e. The summed E-state index contributed by atoms with van der Waals surface area (Å²) in [6.07, 6.45) is 0. The molecule has 3 rings (SSSR count). The summed E-state index contributed by atoms with van der Waals surface area (Å²) in [5, 5.41) is 0.231. The molecule has 2 aromatic rings. The summed E-state index contributed by atoms with van der Waals surface area (Å²) in [4.78, 5) is 7.64. The Morgan fingerprint density at radius 2 is 1.52 bits per heavy atom. The van der Waals surface area contributed by atoms with Crippen molar-refractivity contribution < 1.29 is 18.3 Å². The molecule has 2 aromatic carbocycles. The van der Waals surface area contributed by atoms with Crippen LogP contribution < -0.4 is 19.3 Å². The lowest BCUT2D eigenvalue weighted by atomic mass is 10.2. The van der Waals surface area contributed by atoms with Crippen molar-refractivity contribution in [1.29, 1.82) is 0 Å². The zero-order valence-corrected chi connectivity index (χ0v) is 14.4. The lowest BCUT2D eigenvalue weighted by Gasteiger charge is -2.35. The maximum atomic E-state index is 14.0. The van der Waals surface area contributed by atoms with Crippen molar-refractivity contribution in [2.75, 3.05) is 37.4 Å². The molecule has 0 saturated carbocycles. The number of hydrogen-bond acceptors (Lipinski definition) is 5. The first-order chi connectivity index (χ1) is 12.0. The molecule has 1 heterocycles. The van der Waals surface area contributed by atoms with E-state index >= 15 is 0 Å². The van der Waals surface area contributed by atoms with E-state index in [0.717, 1.165) is 0 Å². The maximum Gasteiger partial charge on any atom is 0.201 e. The van der Waals surface area contributed by atoms with Crippen LogP contribution in [0.15, 0.2) is 41.4 Å². The van der Waals surface area contributed by atoms with Crippen molar-refractivity contribution in [1.82, 2.24) is 0 Å². The number of nitrogens with zero attached hydrogens (tertiary/aromatic N) is 3. The molecule has 0 fully saturated rings. The molecule has 25 heavy (non-hydrogen) atoms. The SMILES string of the molecule is COc1ccc(N2CN=C(Cl)N(c3ccc(OC)c(F)c3)C2)cc1F. The third-order valence-corrected chi connectivity index (χ3v) is 4.18. The molecule has 0 amide bonds. The van der Waals surface area contributed by atoms with E-state index in [4.69, 9.17) is 21.1 Å². The van der Waals surface area contributed by atoms with Gasteiger partial charge in [-0.3, -0.25) is 4.90 Å². The Bertz CT molecular complexity index is 816. The van der Waals surface area contributed by atoms with E-state index in [-0.39, 0.29) is 23.5 Å². The van der Waals surface area contributed by atoms with Gasteiger partial charge in [-0.15, -0.1) is 0 Å². The van der Waals surface area contributed by atoms with E-state index in [1.165, 1.54) is 32.4 Å². The molecule has 0 saturated heterocycles. The fraction of sp³-hybridized carbons (Fsp3) is 0.235. The molecule has 0 aliphatic carbocycles. The van der Waals surface area contributed by atoms with Gasteiger partial charge >= 0.3 is 0 Å².